The monoisotopic (exact) mass is 134 g/mol. The Bertz CT molecular complexity index is 91.0. The van der Waals surface area contributed by atoms with Gasteiger partial charge in [0.05, 0.1) is 6.61 Å². The minimum atomic E-state index is -0.447. The smallest absolute Gasteiger partial charge is 0.166 e. The maximum atomic E-state index is 10.5. The van der Waals surface area contributed by atoms with Gasteiger partial charge in [-0.25, -0.2) is 4.89 Å². The van der Waals surface area contributed by atoms with Crippen molar-refractivity contribution in [2.75, 3.05) is 13.2 Å². The van der Waals surface area contributed by atoms with Gasteiger partial charge in [-0.15, -0.1) is 0 Å². The van der Waals surface area contributed by atoms with Crippen LogP contribution in [0.3, 0.4) is 0 Å². The summed E-state index contributed by atoms with van der Waals surface area (Å²) in [5, 5.41) is 16.2. The van der Waals surface area contributed by atoms with Crippen LogP contribution in [-0.2, 0) is 9.68 Å². The van der Waals surface area contributed by atoms with Crippen molar-refractivity contribution in [1.82, 2.24) is 0 Å². The first-order chi connectivity index (χ1) is 4.22. The lowest BCUT2D eigenvalue weighted by molar-refractivity contribution is -0.239. The third-order valence-electron chi connectivity index (χ3n) is 1.03. The fourth-order valence-electron chi connectivity index (χ4n) is 0.308. The van der Waals surface area contributed by atoms with Crippen molar-refractivity contribution in [3.8, 4) is 0 Å². The average molecular weight is 134 g/mol. The van der Waals surface area contributed by atoms with Gasteiger partial charge >= 0.3 is 0 Å². The number of ketones is 1. The van der Waals surface area contributed by atoms with Gasteiger partial charge in [0.15, 0.2) is 5.78 Å². The van der Waals surface area contributed by atoms with Crippen molar-refractivity contribution in [2.24, 2.45) is 5.92 Å². The lowest BCUT2D eigenvalue weighted by atomic mass is 10.1. The Labute approximate surface area is 53.0 Å². The standard InChI is InChI=1S/C5H10O4/c1-4(2-6)5(7)3-9-8/h4,6,8H,2-3H2,1H3. The maximum Gasteiger partial charge on any atom is 0.166 e. The second-order valence-corrected chi connectivity index (χ2v) is 1.82. The number of rotatable bonds is 4. The lowest BCUT2D eigenvalue weighted by Crippen LogP contribution is -2.19. The summed E-state index contributed by atoms with van der Waals surface area (Å²) in [6.07, 6.45) is 0. The average Bonchev–Trinajstić information content (AvgIpc) is 1.87. The van der Waals surface area contributed by atoms with Crippen LogP contribution in [0.1, 0.15) is 6.92 Å². The van der Waals surface area contributed by atoms with Gasteiger partial charge in [-0.2, -0.15) is 0 Å². The molecule has 0 aromatic rings. The van der Waals surface area contributed by atoms with Crippen LogP contribution in [0.4, 0.5) is 0 Å². The van der Waals surface area contributed by atoms with E-state index in [0.717, 1.165) is 0 Å². The SMILES string of the molecule is CC(CO)C(=O)COO. The summed E-state index contributed by atoms with van der Waals surface area (Å²) in [7, 11) is 0. The molecule has 0 heterocycles. The van der Waals surface area contributed by atoms with E-state index in [1.165, 1.54) is 0 Å². The molecule has 0 fully saturated rings. The van der Waals surface area contributed by atoms with Crippen LogP contribution in [0, 0.1) is 5.92 Å². The minimum absolute atomic E-state index is 0.206. The zero-order valence-electron chi connectivity index (χ0n) is 5.20. The molecular weight excluding hydrogens is 124 g/mol. The largest absolute Gasteiger partial charge is 0.396 e. The van der Waals surface area contributed by atoms with E-state index < -0.39 is 5.92 Å². The predicted octanol–water partition coefficient (Wildman–Crippen LogP) is -0.327. The number of hydrogen-bond donors (Lipinski definition) is 2. The van der Waals surface area contributed by atoms with Gasteiger partial charge in [-0.1, -0.05) is 6.92 Å². The Morgan fingerprint density at radius 1 is 1.78 bits per heavy atom. The van der Waals surface area contributed by atoms with E-state index in [-0.39, 0.29) is 19.0 Å². The molecule has 1 atom stereocenters. The Morgan fingerprint density at radius 2 is 2.33 bits per heavy atom. The van der Waals surface area contributed by atoms with Crippen molar-refractivity contribution < 1.29 is 20.0 Å². The molecule has 0 radical (unpaired) electrons. The number of Topliss-reactive ketones (excluding diaryl/α,β-unsaturated/α-hetero) is 1. The van der Waals surface area contributed by atoms with Crippen LogP contribution >= 0.6 is 0 Å². The van der Waals surface area contributed by atoms with Crippen LogP contribution in [0.2, 0.25) is 0 Å². The summed E-state index contributed by atoms with van der Waals surface area (Å²) in [5.74, 6) is -0.753. The van der Waals surface area contributed by atoms with E-state index in [1.54, 1.807) is 6.92 Å². The quantitative estimate of drug-likeness (QED) is 0.408. The van der Waals surface area contributed by atoms with Crippen LogP contribution in [0.15, 0.2) is 0 Å². The summed E-state index contributed by atoms with van der Waals surface area (Å²) in [6.45, 7) is 1.01. The summed E-state index contributed by atoms with van der Waals surface area (Å²) < 4.78 is 0. The second kappa shape index (κ2) is 4.43. The number of aliphatic hydroxyl groups is 1. The van der Waals surface area contributed by atoms with Gasteiger partial charge in [0.25, 0.3) is 0 Å². The topological polar surface area (TPSA) is 66.8 Å². The van der Waals surface area contributed by atoms with Gasteiger partial charge in [0, 0.05) is 5.92 Å². The molecule has 4 nitrogen and oxygen atoms in total. The maximum absolute atomic E-state index is 10.5. The van der Waals surface area contributed by atoms with E-state index in [1.807, 2.05) is 0 Å². The first-order valence-electron chi connectivity index (χ1n) is 2.62. The molecule has 0 bridgehead atoms. The van der Waals surface area contributed by atoms with Crippen LogP contribution in [-0.4, -0.2) is 29.4 Å². The molecule has 0 saturated carbocycles. The molecule has 1 unspecified atom stereocenters. The normalized spacial score (nSPS) is 13.2. The van der Waals surface area contributed by atoms with Crippen molar-refractivity contribution in [3.05, 3.63) is 0 Å². The highest BCUT2D eigenvalue weighted by atomic mass is 17.1. The van der Waals surface area contributed by atoms with E-state index >= 15 is 0 Å². The van der Waals surface area contributed by atoms with Gasteiger partial charge in [-0.05, 0) is 0 Å². The number of carbonyl (C=O) groups excluding carboxylic acids is 1. The number of carbonyl (C=O) groups is 1. The molecule has 0 amide bonds. The Balaban J connectivity index is 3.46. The van der Waals surface area contributed by atoms with Crippen LogP contribution < -0.4 is 0 Å². The third-order valence-corrected chi connectivity index (χ3v) is 1.03. The molecule has 0 spiro atoms. The number of hydrogen-bond acceptors (Lipinski definition) is 4. The Morgan fingerprint density at radius 3 is 2.67 bits per heavy atom. The van der Waals surface area contributed by atoms with Gasteiger partial charge < -0.3 is 5.11 Å². The van der Waals surface area contributed by atoms with Crippen LogP contribution in [0.5, 0.6) is 0 Å². The summed E-state index contributed by atoms with van der Waals surface area (Å²) >= 11 is 0. The molecule has 54 valence electrons. The van der Waals surface area contributed by atoms with E-state index in [4.69, 9.17) is 10.4 Å². The van der Waals surface area contributed by atoms with Crippen LogP contribution in [0.25, 0.3) is 0 Å². The van der Waals surface area contributed by atoms with Gasteiger partial charge in [-0.3, -0.25) is 10.1 Å². The summed E-state index contributed by atoms with van der Waals surface area (Å²) in [6, 6.07) is 0. The molecule has 0 aliphatic carbocycles. The summed E-state index contributed by atoms with van der Waals surface area (Å²) in [5.41, 5.74) is 0. The van der Waals surface area contributed by atoms with Gasteiger partial charge in [0.2, 0.25) is 0 Å². The van der Waals surface area contributed by atoms with E-state index in [0.29, 0.717) is 0 Å². The van der Waals surface area contributed by atoms with Crippen molar-refractivity contribution in [2.45, 2.75) is 6.92 Å². The highest BCUT2D eigenvalue weighted by Crippen LogP contribution is 1.93. The first-order valence-corrected chi connectivity index (χ1v) is 2.62. The van der Waals surface area contributed by atoms with Gasteiger partial charge in [0.1, 0.15) is 6.61 Å². The molecule has 0 aliphatic heterocycles. The Kier molecular flexibility index (Phi) is 4.21. The van der Waals surface area contributed by atoms with Crippen molar-refractivity contribution in [1.29, 1.82) is 0 Å². The Hall–Kier alpha value is -0.450. The zero-order valence-corrected chi connectivity index (χ0v) is 5.20. The zero-order chi connectivity index (χ0) is 7.28. The predicted molar refractivity (Wildman–Crippen MR) is 29.8 cm³/mol. The second-order valence-electron chi connectivity index (χ2n) is 1.82. The molecule has 4 heteroatoms. The minimum Gasteiger partial charge on any atom is -0.396 e. The molecule has 2 N–H and O–H groups in total. The first kappa shape index (κ1) is 8.55. The molecular formula is C5H10O4. The molecule has 0 aliphatic rings. The fourth-order valence-corrected chi connectivity index (χ4v) is 0.308. The van der Waals surface area contributed by atoms with E-state index in [9.17, 15) is 4.79 Å². The highest BCUT2D eigenvalue weighted by molar-refractivity contribution is 5.81. The molecule has 0 saturated heterocycles. The summed E-state index contributed by atoms with van der Waals surface area (Å²) in [4.78, 5) is 14.1. The third kappa shape index (κ3) is 3.18. The van der Waals surface area contributed by atoms with E-state index in [2.05, 4.69) is 4.89 Å². The molecule has 0 aromatic carbocycles. The fraction of sp³-hybridized carbons (Fsp3) is 0.800. The number of aliphatic hydroxyl groups excluding tert-OH is 1. The molecule has 0 aromatic heterocycles. The molecule has 0 rings (SSSR count). The lowest BCUT2D eigenvalue weighted by Gasteiger charge is -2.02. The van der Waals surface area contributed by atoms with Crippen molar-refractivity contribution >= 4 is 5.78 Å². The van der Waals surface area contributed by atoms with Crippen molar-refractivity contribution in [3.63, 3.8) is 0 Å². The molecule has 9 heavy (non-hydrogen) atoms. The highest BCUT2D eigenvalue weighted by Gasteiger charge is 2.10.